The molecule has 2 aromatic carbocycles. The summed E-state index contributed by atoms with van der Waals surface area (Å²) in [6, 6.07) is 7.47. The zero-order valence-electron chi connectivity index (χ0n) is 14.2. The second-order valence-corrected chi connectivity index (χ2v) is 6.62. The number of hydrogen-bond donors (Lipinski definition) is 2. The van der Waals surface area contributed by atoms with Gasteiger partial charge in [0.25, 0.3) is 5.91 Å². The van der Waals surface area contributed by atoms with Crippen molar-refractivity contribution >= 4 is 34.8 Å². The van der Waals surface area contributed by atoms with Gasteiger partial charge < -0.3 is 20.4 Å². The summed E-state index contributed by atoms with van der Waals surface area (Å²) in [4.78, 5) is 16.0. The van der Waals surface area contributed by atoms with Crippen molar-refractivity contribution in [3.63, 3.8) is 0 Å². The van der Waals surface area contributed by atoms with Crippen molar-refractivity contribution in [1.29, 1.82) is 0 Å². The fraction of sp³-hybridized carbons (Fsp3) is 0.111. The van der Waals surface area contributed by atoms with Gasteiger partial charge in [-0.25, -0.2) is 9.37 Å². The minimum Gasteiger partial charge on any atom is -0.453 e. The number of nitrogens with zero attached hydrogens (tertiary/aromatic N) is 2. The zero-order valence-corrected chi connectivity index (χ0v) is 15.7. The number of aromatic nitrogens is 2. The molecule has 1 heterocycles. The average Bonchev–Trinajstić information content (AvgIpc) is 3.03. The summed E-state index contributed by atoms with van der Waals surface area (Å²) in [5, 5.41) is 3.03. The quantitative estimate of drug-likeness (QED) is 0.620. The number of nitrogens with one attached hydrogen (secondary N) is 1. The van der Waals surface area contributed by atoms with Crippen molar-refractivity contribution < 1.29 is 13.9 Å². The number of hydrogen-bond acceptors (Lipinski definition) is 4. The number of benzene rings is 2. The maximum Gasteiger partial charge on any atom is 0.271 e. The van der Waals surface area contributed by atoms with Gasteiger partial charge in [-0.1, -0.05) is 29.3 Å². The highest BCUT2D eigenvalue weighted by atomic mass is 35.5. The minimum atomic E-state index is -0.692. The van der Waals surface area contributed by atoms with Gasteiger partial charge in [-0.05, 0) is 18.2 Å². The van der Waals surface area contributed by atoms with E-state index in [1.165, 1.54) is 36.7 Å². The Hall–Kier alpha value is -2.77. The van der Waals surface area contributed by atoms with Gasteiger partial charge in [-0.2, -0.15) is 0 Å². The van der Waals surface area contributed by atoms with Crippen molar-refractivity contribution in [3.05, 3.63) is 70.0 Å². The molecule has 0 aliphatic carbocycles. The Kier molecular flexibility index (Phi) is 5.53. The van der Waals surface area contributed by atoms with Crippen LogP contribution in [0.3, 0.4) is 0 Å². The normalized spacial score (nSPS) is 10.7. The van der Waals surface area contributed by atoms with E-state index in [1.54, 1.807) is 17.8 Å². The standard InChI is InChI=1S/C18H15Cl2FN4O2/c1-25-8-15(24-9-25)18(26)23-7-10-2-3-14(20)17(16(10)21)27-13-5-11(19)4-12(22)6-13/h2-6,8-9H,7,22H2,1H3,(H,23,26). The predicted molar refractivity (Wildman–Crippen MR) is 102 cm³/mol. The fourth-order valence-corrected chi connectivity index (χ4v) is 2.78. The number of imidazole rings is 1. The van der Waals surface area contributed by atoms with Crippen LogP contribution < -0.4 is 15.8 Å². The third-order valence-corrected chi connectivity index (χ3v) is 4.14. The summed E-state index contributed by atoms with van der Waals surface area (Å²) in [5.74, 6) is -1.05. The third kappa shape index (κ3) is 4.50. The maximum absolute atomic E-state index is 14.8. The van der Waals surface area contributed by atoms with Crippen molar-refractivity contribution in [3.8, 4) is 11.5 Å². The Morgan fingerprint density at radius 3 is 2.78 bits per heavy atom. The Morgan fingerprint density at radius 2 is 2.11 bits per heavy atom. The van der Waals surface area contributed by atoms with E-state index >= 15 is 0 Å². The molecular weight excluding hydrogens is 394 g/mol. The molecule has 0 saturated heterocycles. The summed E-state index contributed by atoms with van der Waals surface area (Å²) in [5.41, 5.74) is 6.52. The first-order chi connectivity index (χ1) is 12.8. The number of carbonyl (C=O) groups excluding carboxylic acids is 1. The highest BCUT2D eigenvalue weighted by Crippen LogP contribution is 2.35. The van der Waals surface area contributed by atoms with Crippen LogP contribution in [0, 0.1) is 5.82 Å². The van der Waals surface area contributed by atoms with Crippen molar-refractivity contribution in [2.24, 2.45) is 7.05 Å². The molecule has 0 spiro atoms. The second kappa shape index (κ2) is 7.85. The lowest BCUT2D eigenvalue weighted by Crippen LogP contribution is -2.23. The molecular formula is C18H15Cl2FN4O2. The van der Waals surface area contributed by atoms with E-state index in [4.69, 9.17) is 33.7 Å². The van der Waals surface area contributed by atoms with E-state index in [-0.39, 0.29) is 34.3 Å². The lowest BCUT2D eigenvalue weighted by molar-refractivity contribution is 0.0946. The summed E-state index contributed by atoms with van der Waals surface area (Å²) in [6.45, 7) is -0.0630. The molecule has 0 unspecified atom stereocenters. The summed E-state index contributed by atoms with van der Waals surface area (Å²) in [6.07, 6.45) is 3.06. The first-order valence-electron chi connectivity index (χ1n) is 7.80. The van der Waals surface area contributed by atoms with Crippen LogP contribution in [-0.4, -0.2) is 15.5 Å². The van der Waals surface area contributed by atoms with Gasteiger partial charge >= 0.3 is 0 Å². The monoisotopic (exact) mass is 408 g/mol. The molecule has 3 aromatic rings. The fourth-order valence-electron chi connectivity index (χ4n) is 2.36. The maximum atomic E-state index is 14.8. The Labute approximate surface area is 164 Å². The third-order valence-electron chi connectivity index (χ3n) is 3.62. The van der Waals surface area contributed by atoms with E-state index in [9.17, 15) is 9.18 Å². The smallest absolute Gasteiger partial charge is 0.271 e. The molecule has 9 heteroatoms. The molecule has 1 amide bonds. The number of ether oxygens (including phenoxy) is 1. The SMILES string of the molecule is Cn1cnc(C(=O)NCc2ccc(Cl)c(Oc3cc(N)cc(Cl)c3)c2F)c1. The van der Waals surface area contributed by atoms with Gasteiger partial charge in [-0.15, -0.1) is 0 Å². The summed E-state index contributed by atoms with van der Waals surface area (Å²) < 4.78 is 22.0. The van der Waals surface area contributed by atoms with E-state index < -0.39 is 11.7 Å². The summed E-state index contributed by atoms with van der Waals surface area (Å²) in [7, 11) is 1.74. The van der Waals surface area contributed by atoms with E-state index in [2.05, 4.69) is 10.3 Å². The van der Waals surface area contributed by atoms with Crippen LogP contribution in [0.1, 0.15) is 16.1 Å². The molecule has 0 saturated carbocycles. The lowest BCUT2D eigenvalue weighted by Gasteiger charge is -2.13. The molecule has 27 heavy (non-hydrogen) atoms. The van der Waals surface area contributed by atoms with Crippen LogP contribution in [0.25, 0.3) is 0 Å². The molecule has 6 nitrogen and oxygen atoms in total. The predicted octanol–water partition coefficient (Wildman–Crippen LogP) is 4.17. The van der Waals surface area contributed by atoms with Crippen LogP contribution in [0.15, 0.2) is 42.9 Å². The molecule has 0 atom stereocenters. The number of nitrogen functional groups attached to an aromatic ring is 1. The minimum absolute atomic E-state index is 0.0630. The van der Waals surface area contributed by atoms with Crippen LogP contribution in [0.4, 0.5) is 10.1 Å². The van der Waals surface area contributed by atoms with Gasteiger partial charge in [0.15, 0.2) is 11.6 Å². The molecule has 0 aliphatic rings. The van der Waals surface area contributed by atoms with Crippen LogP contribution in [0.5, 0.6) is 11.5 Å². The first-order valence-corrected chi connectivity index (χ1v) is 8.56. The molecule has 0 radical (unpaired) electrons. The van der Waals surface area contributed by atoms with E-state index in [1.807, 2.05) is 0 Å². The molecule has 3 N–H and O–H groups in total. The van der Waals surface area contributed by atoms with Gasteiger partial charge in [0.05, 0.1) is 11.3 Å². The Bertz CT molecular complexity index is 987. The van der Waals surface area contributed by atoms with Gasteiger partial charge in [0.2, 0.25) is 0 Å². The van der Waals surface area contributed by atoms with E-state index in [0.717, 1.165) is 0 Å². The molecule has 0 aliphatic heterocycles. The largest absolute Gasteiger partial charge is 0.453 e. The highest BCUT2D eigenvalue weighted by molar-refractivity contribution is 6.32. The number of anilines is 1. The number of rotatable bonds is 5. The first kappa shape index (κ1) is 19.0. The number of amides is 1. The second-order valence-electron chi connectivity index (χ2n) is 5.78. The van der Waals surface area contributed by atoms with Crippen molar-refractivity contribution in [2.45, 2.75) is 6.54 Å². The Balaban J connectivity index is 1.79. The van der Waals surface area contributed by atoms with Crippen molar-refractivity contribution in [1.82, 2.24) is 14.9 Å². The van der Waals surface area contributed by atoms with Crippen molar-refractivity contribution in [2.75, 3.05) is 5.73 Å². The van der Waals surface area contributed by atoms with Crippen LogP contribution in [-0.2, 0) is 13.6 Å². The van der Waals surface area contributed by atoms with Gasteiger partial charge in [0.1, 0.15) is 11.4 Å². The number of nitrogens with two attached hydrogens (primary N) is 1. The van der Waals surface area contributed by atoms with E-state index in [0.29, 0.717) is 10.7 Å². The number of aryl methyl sites for hydroxylation is 1. The van der Waals surface area contributed by atoms with Gasteiger partial charge in [0, 0.05) is 42.1 Å². The topological polar surface area (TPSA) is 82.2 Å². The zero-order chi connectivity index (χ0) is 19.6. The van der Waals surface area contributed by atoms with Crippen LogP contribution in [0.2, 0.25) is 10.0 Å². The number of halogens is 3. The lowest BCUT2D eigenvalue weighted by atomic mass is 10.2. The molecule has 140 valence electrons. The molecule has 3 rings (SSSR count). The number of carbonyl (C=O) groups is 1. The Morgan fingerprint density at radius 1 is 1.33 bits per heavy atom. The average molecular weight is 409 g/mol. The molecule has 0 fully saturated rings. The molecule has 0 bridgehead atoms. The highest BCUT2D eigenvalue weighted by Gasteiger charge is 2.17. The molecule has 1 aromatic heterocycles. The van der Waals surface area contributed by atoms with Crippen LogP contribution >= 0.6 is 23.2 Å². The summed E-state index contributed by atoms with van der Waals surface area (Å²) >= 11 is 12.0. The van der Waals surface area contributed by atoms with Gasteiger partial charge in [-0.3, -0.25) is 4.79 Å².